The highest BCUT2D eigenvalue weighted by molar-refractivity contribution is 5.83. The summed E-state index contributed by atoms with van der Waals surface area (Å²) < 4.78 is 5.46. The minimum absolute atomic E-state index is 0.0384. The van der Waals surface area contributed by atoms with Gasteiger partial charge in [0.15, 0.2) is 6.61 Å². The molecule has 0 bridgehead atoms. The van der Waals surface area contributed by atoms with Gasteiger partial charge in [-0.05, 0) is 31.0 Å². The number of nitro groups is 1. The lowest BCUT2D eigenvalue weighted by molar-refractivity contribution is -0.384. The van der Waals surface area contributed by atoms with Crippen molar-refractivity contribution in [1.82, 2.24) is 5.43 Å². The van der Waals surface area contributed by atoms with Crippen LogP contribution >= 0.6 is 0 Å². The molecule has 0 saturated carbocycles. The largest absolute Gasteiger partial charge is 0.483 e. The third-order valence-corrected chi connectivity index (χ3v) is 3.19. The van der Waals surface area contributed by atoms with E-state index in [1.165, 1.54) is 18.3 Å². The van der Waals surface area contributed by atoms with Crippen LogP contribution < -0.4 is 10.2 Å². The number of amides is 1. The second-order valence-corrected chi connectivity index (χ2v) is 5.20. The van der Waals surface area contributed by atoms with Crippen LogP contribution in [0.1, 0.15) is 16.7 Å². The molecule has 0 aliphatic rings. The molecule has 0 aliphatic carbocycles. The van der Waals surface area contributed by atoms with Crippen LogP contribution in [0.3, 0.4) is 0 Å². The smallest absolute Gasteiger partial charge is 0.277 e. The van der Waals surface area contributed by atoms with Gasteiger partial charge in [0.25, 0.3) is 11.6 Å². The summed E-state index contributed by atoms with van der Waals surface area (Å²) in [4.78, 5) is 21.9. The van der Waals surface area contributed by atoms with Crippen LogP contribution in [0, 0.1) is 24.0 Å². The molecule has 7 nitrogen and oxygen atoms in total. The number of benzene rings is 2. The number of hydrazone groups is 1. The number of nitrogens with zero attached hydrogens (tertiary/aromatic N) is 2. The van der Waals surface area contributed by atoms with Crippen LogP contribution in [0.4, 0.5) is 5.69 Å². The topological polar surface area (TPSA) is 93.8 Å². The fourth-order valence-corrected chi connectivity index (χ4v) is 1.94. The molecule has 0 aromatic heterocycles. The van der Waals surface area contributed by atoms with Crippen LogP contribution in [-0.2, 0) is 4.79 Å². The Hall–Kier alpha value is -3.22. The molecule has 0 fully saturated rings. The van der Waals surface area contributed by atoms with Crippen LogP contribution in [-0.4, -0.2) is 23.7 Å². The van der Waals surface area contributed by atoms with Gasteiger partial charge in [-0.25, -0.2) is 5.43 Å². The van der Waals surface area contributed by atoms with Crippen LogP contribution in [0.15, 0.2) is 47.6 Å². The Morgan fingerprint density at radius 1 is 1.29 bits per heavy atom. The predicted molar refractivity (Wildman–Crippen MR) is 90.2 cm³/mol. The molecule has 1 N–H and O–H groups in total. The van der Waals surface area contributed by atoms with E-state index in [9.17, 15) is 14.9 Å². The van der Waals surface area contributed by atoms with E-state index >= 15 is 0 Å². The van der Waals surface area contributed by atoms with Crippen molar-refractivity contribution in [2.45, 2.75) is 13.8 Å². The van der Waals surface area contributed by atoms with Crippen LogP contribution in [0.2, 0.25) is 0 Å². The summed E-state index contributed by atoms with van der Waals surface area (Å²) in [7, 11) is 0. The molecule has 2 aromatic rings. The molecular formula is C17H17N3O4. The predicted octanol–water partition coefficient (Wildman–Crippen LogP) is 2.74. The number of nitro benzene ring substituents is 1. The minimum Gasteiger partial charge on any atom is -0.483 e. The van der Waals surface area contributed by atoms with Gasteiger partial charge in [0.1, 0.15) is 5.75 Å². The zero-order valence-corrected chi connectivity index (χ0v) is 13.4. The van der Waals surface area contributed by atoms with Crippen molar-refractivity contribution in [3.05, 3.63) is 69.3 Å². The van der Waals surface area contributed by atoms with Crippen LogP contribution in [0.5, 0.6) is 5.75 Å². The lowest BCUT2D eigenvalue weighted by Crippen LogP contribution is -2.24. The number of aryl methyl sites for hydroxylation is 2. The fourth-order valence-electron chi connectivity index (χ4n) is 1.94. The average molecular weight is 327 g/mol. The maximum atomic E-state index is 11.7. The van der Waals surface area contributed by atoms with Crippen molar-refractivity contribution in [1.29, 1.82) is 0 Å². The normalized spacial score (nSPS) is 10.6. The zero-order chi connectivity index (χ0) is 17.5. The summed E-state index contributed by atoms with van der Waals surface area (Å²) in [5.74, 6) is 0.227. The number of nitrogens with one attached hydrogen (secondary N) is 1. The van der Waals surface area contributed by atoms with Gasteiger partial charge in [0, 0.05) is 17.7 Å². The molecule has 2 rings (SSSR count). The third-order valence-electron chi connectivity index (χ3n) is 3.19. The van der Waals surface area contributed by atoms with Crippen molar-refractivity contribution in [3.8, 4) is 5.75 Å². The number of ether oxygens (including phenoxy) is 1. The lowest BCUT2D eigenvalue weighted by Gasteiger charge is -2.08. The highest BCUT2D eigenvalue weighted by Gasteiger charge is 2.05. The molecule has 124 valence electrons. The second kappa shape index (κ2) is 7.87. The summed E-state index contributed by atoms with van der Waals surface area (Å²) in [5.41, 5.74) is 4.78. The summed E-state index contributed by atoms with van der Waals surface area (Å²) in [6.45, 7) is 3.67. The molecule has 0 radical (unpaired) electrons. The number of carbonyl (C=O) groups is 1. The van der Waals surface area contributed by atoms with Gasteiger partial charge in [-0.2, -0.15) is 5.10 Å². The zero-order valence-electron chi connectivity index (χ0n) is 13.4. The van der Waals surface area contributed by atoms with Gasteiger partial charge in [0.05, 0.1) is 11.1 Å². The third kappa shape index (κ3) is 4.91. The van der Waals surface area contributed by atoms with Gasteiger partial charge < -0.3 is 4.74 Å². The van der Waals surface area contributed by atoms with Crippen molar-refractivity contribution in [2.75, 3.05) is 6.61 Å². The molecule has 24 heavy (non-hydrogen) atoms. The SMILES string of the molecule is Cc1ccc(C)c(OCC(=O)N/N=C/c2cccc([N+](=O)[O-])c2)c1. The first-order chi connectivity index (χ1) is 11.5. The summed E-state index contributed by atoms with van der Waals surface area (Å²) >= 11 is 0. The fraction of sp³-hybridized carbons (Fsp3) is 0.176. The number of hydrogen-bond acceptors (Lipinski definition) is 5. The molecule has 0 saturated heterocycles. The number of hydrogen-bond donors (Lipinski definition) is 1. The quantitative estimate of drug-likeness (QED) is 0.501. The van der Waals surface area contributed by atoms with E-state index in [1.54, 1.807) is 12.1 Å². The second-order valence-electron chi connectivity index (χ2n) is 5.20. The lowest BCUT2D eigenvalue weighted by atomic mass is 10.1. The Kier molecular flexibility index (Phi) is 5.62. The molecule has 1 amide bonds. The summed E-state index contributed by atoms with van der Waals surface area (Å²) in [5, 5.41) is 14.4. The van der Waals surface area contributed by atoms with Crippen molar-refractivity contribution in [2.24, 2.45) is 5.10 Å². The van der Waals surface area contributed by atoms with Gasteiger partial charge >= 0.3 is 0 Å². The average Bonchev–Trinajstić information content (AvgIpc) is 2.56. The van der Waals surface area contributed by atoms with Gasteiger partial charge in [-0.15, -0.1) is 0 Å². The highest BCUT2D eigenvalue weighted by Crippen LogP contribution is 2.18. The monoisotopic (exact) mass is 327 g/mol. The molecule has 0 unspecified atom stereocenters. The Balaban J connectivity index is 1.88. The van der Waals surface area contributed by atoms with Crippen LogP contribution in [0.25, 0.3) is 0 Å². The Morgan fingerprint density at radius 2 is 2.08 bits per heavy atom. The van der Waals surface area contributed by atoms with E-state index in [-0.39, 0.29) is 12.3 Å². The first-order valence-electron chi connectivity index (χ1n) is 7.22. The summed E-state index contributed by atoms with van der Waals surface area (Å²) in [6.07, 6.45) is 1.34. The Morgan fingerprint density at radius 3 is 2.83 bits per heavy atom. The first-order valence-corrected chi connectivity index (χ1v) is 7.22. The molecule has 7 heteroatoms. The molecule has 2 aromatic carbocycles. The van der Waals surface area contributed by atoms with Crippen molar-refractivity contribution in [3.63, 3.8) is 0 Å². The molecular weight excluding hydrogens is 310 g/mol. The Labute approximate surface area is 139 Å². The number of rotatable bonds is 6. The molecule has 0 atom stereocenters. The van der Waals surface area contributed by atoms with Gasteiger partial charge in [-0.1, -0.05) is 24.3 Å². The van der Waals surface area contributed by atoms with Gasteiger partial charge in [0.2, 0.25) is 0 Å². The molecule has 0 aliphatic heterocycles. The maximum absolute atomic E-state index is 11.7. The van der Waals surface area contributed by atoms with E-state index in [0.717, 1.165) is 11.1 Å². The van der Waals surface area contributed by atoms with E-state index in [1.807, 2.05) is 32.0 Å². The van der Waals surface area contributed by atoms with E-state index < -0.39 is 10.8 Å². The molecule has 0 spiro atoms. The highest BCUT2D eigenvalue weighted by atomic mass is 16.6. The van der Waals surface area contributed by atoms with E-state index in [0.29, 0.717) is 11.3 Å². The maximum Gasteiger partial charge on any atom is 0.277 e. The first kappa shape index (κ1) is 17.1. The van der Waals surface area contributed by atoms with Crippen molar-refractivity contribution < 1.29 is 14.5 Å². The molecule has 0 heterocycles. The Bertz CT molecular complexity index is 787. The number of carbonyl (C=O) groups excluding carboxylic acids is 1. The minimum atomic E-state index is -0.492. The van der Waals surface area contributed by atoms with Crippen molar-refractivity contribution >= 4 is 17.8 Å². The number of non-ortho nitro benzene ring substituents is 1. The van der Waals surface area contributed by atoms with E-state index in [4.69, 9.17) is 4.74 Å². The standard InChI is InChI=1S/C17H17N3O4/c1-12-6-7-13(2)16(8-12)24-11-17(21)19-18-10-14-4-3-5-15(9-14)20(22)23/h3-10H,11H2,1-2H3,(H,19,21)/b18-10+. The summed E-state index contributed by atoms with van der Waals surface area (Å²) in [6, 6.07) is 11.7. The van der Waals surface area contributed by atoms with E-state index in [2.05, 4.69) is 10.5 Å². The van der Waals surface area contributed by atoms with Gasteiger partial charge in [-0.3, -0.25) is 14.9 Å².